The summed E-state index contributed by atoms with van der Waals surface area (Å²) in [5, 5.41) is 8.92. The molecule has 2 aromatic carbocycles. The maximum absolute atomic E-state index is 13.3. The largest absolute Gasteiger partial charge is 0.478 e. The number of halogens is 1. The van der Waals surface area contributed by atoms with E-state index in [1.807, 2.05) is 24.3 Å². The highest BCUT2D eigenvalue weighted by Crippen LogP contribution is 2.44. The number of carbonyl (C=O) groups is 1. The first-order valence-corrected chi connectivity index (χ1v) is 5.51. The number of carboxylic acid groups (broad SMARTS) is 1. The molecule has 0 amide bonds. The van der Waals surface area contributed by atoms with Crippen molar-refractivity contribution in [2.75, 3.05) is 0 Å². The van der Waals surface area contributed by atoms with Crippen LogP contribution < -0.4 is 0 Å². The van der Waals surface area contributed by atoms with Gasteiger partial charge in [-0.25, -0.2) is 9.18 Å². The van der Waals surface area contributed by atoms with Crippen LogP contribution in [-0.2, 0) is 4.79 Å². The molecule has 2 nitrogen and oxygen atoms in total. The number of rotatable bonds is 1. The van der Waals surface area contributed by atoms with Gasteiger partial charge in [0, 0.05) is 6.08 Å². The van der Waals surface area contributed by atoms with Gasteiger partial charge in [-0.1, -0.05) is 30.3 Å². The van der Waals surface area contributed by atoms with Crippen LogP contribution in [0, 0.1) is 5.82 Å². The average molecular weight is 240 g/mol. The summed E-state index contributed by atoms with van der Waals surface area (Å²) in [5.41, 5.74) is 3.85. The van der Waals surface area contributed by atoms with E-state index in [1.54, 1.807) is 6.07 Å². The Morgan fingerprint density at radius 2 is 1.67 bits per heavy atom. The molecular weight excluding hydrogens is 231 g/mol. The van der Waals surface area contributed by atoms with Gasteiger partial charge < -0.3 is 5.11 Å². The monoisotopic (exact) mass is 240 g/mol. The molecule has 0 unspecified atom stereocenters. The lowest BCUT2D eigenvalue weighted by molar-refractivity contribution is -0.131. The fourth-order valence-electron chi connectivity index (χ4n) is 2.35. The second kappa shape index (κ2) is 3.81. The zero-order valence-electron chi connectivity index (χ0n) is 9.35. The van der Waals surface area contributed by atoms with Gasteiger partial charge in [0.2, 0.25) is 0 Å². The van der Waals surface area contributed by atoms with Gasteiger partial charge in [-0.05, 0) is 40.0 Å². The Bertz CT molecular complexity index is 687. The molecule has 0 saturated carbocycles. The van der Waals surface area contributed by atoms with Gasteiger partial charge in [0.25, 0.3) is 0 Å². The van der Waals surface area contributed by atoms with E-state index in [4.69, 9.17) is 5.11 Å². The van der Waals surface area contributed by atoms with Gasteiger partial charge >= 0.3 is 5.97 Å². The summed E-state index contributed by atoms with van der Waals surface area (Å²) in [6.45, 7) is 0. The quantitative estimate of drug-likeness (QED) is 0.662. The van der Waals surface area contributed by atoms with Gasteiger partial charge in [0.1, 0.15) is 5.82 Å². The molecule has 18 heavy (non-hydrogen) atoms. The van der Waals surface area contributed by atoms with Gasteiger partial charge in [0.15, 0.2) is 0 Å². The molecular formula is C15H9FO2. The van der Waals surface area contributed by atoms with Crippen molar-refractivity contribution in [3.63, 3.8) is 0 Å². The van der Waals surface area contributed by atoms with E-state index in [2.05, 4.69) is 0 Å². The van der Waals surface area contributed by atoms with Crippen LogP contribution in [-0.4, -0.2) is 11.1 Å². The topological polar surface area (TPSA) is 37.3 Å². The third kappa shape index (κ3) is 1.52. The van der Waals surface area contributed by atoms with E-state index in [0.717, 1.165) is 22.8 Å². The molecule has 1 N–H and O–H groups in total. The molecule has 0 heterocycles. The van der Waals surface area contributed by atoms with Crippen molar-refractivity contribution in [3.8, 4) is 11.1 Å². The maximum atomic E-state index is 13.3. The number of hydrogen-bond donors (Lipinski definition) is 1. The van der Waals surface area contributed by atoms with Crippen LogP contribution >= 0.6 is 0 Å². The van der Waals surface area contributed by atoms with E-state index in [-0.39, 0.29) is 5.82 Å². The Balaban J connectivity index is 2.35. The Morgan fingerprint density at radius 1 is 1.00 bits per heavy atom. The van der Waals surface area contributed by atoms with Gasteiger partial charge in [-0.15, -0.1) is 0 Å². The van der Waals surface area contributed by atoms with E-state index in [1.165, 1.54) is 12.1 Å². The smallest absolute Gasteiger partial charge is 0.328 e. The molecule has 3 rings (SSSR count). The molecule has 0 aliphatic heterocycles. The average Bonchev–Trinajstić information content (AvgIpc) is 2.63. The molecule has 0 spiro atoms. The van der Waals surface area contributed by atoms with Crippen molar-refractivity contribution in [3.05, 3.63) is 65.5 Å². The van der Waals surface area contributed by atoms with Crippen molar-refractivity contribution < 1.29 is 14.3 Å². The van der Waals surface area contributed by atoms with Crippen LogP contribution in [0.5, 0.6) is 0 Å². The molecule has 88 valence electrons. The Hall–Kier alpha value is -2.42. The summed E-state index contributed by atoms with van der Waals surface area (Å²) < 4.78 is 13.3. The van der Waals surface area contributed by atoms with Crippen LogP contribution in [0.4, 0.5) is 4.39 Å². The fraction of sp³-hybridized carbons (Fsp3) is 0. The van der Waals surface area contributed by atoms with Gasteiger partial charge in [0.05, 0.1) is 0 Å². The van der Waals surface area contributed by atoms with Crippen molar-refractivity contribution in [2.45, 2.75) is 0 Å². The summed E-state index contributed by atoms with van der Waals surface area (Å²) in [6.07, 6.45) is 1.13. The third-order valence-electron chi connectivity index (χ3n) is 3.05. The van der Waals surface area contributed by atoms with Crippen molar-refractivity contribution in [1.29, 1.82) is 0 Å². The van der Waals surface area contributed by atoms with E-state index in [0.29, 0.717) is 11.1 Å². The fourth-order valence-corrected chi connectivity index (χ4v) is 2.35. The van der Waals surface area contributed by atoms with Gasteiger partial charge in [-0.2, -0.15) is 0 Å². The zero-order valence-corrected chi connectivity index (χ0v) is 9.35. The number of fused-ring (bicyclic) bond motifs is 3. The van der Waals surface area contributed by atoms with Crippen LogP contribution in [0.1, 0.15) is 11.1 Å². The van der Waals surface area contributed by atoms with Crippen molar-refractivity contribution >= 4 is 11.5 Å². The summed E-state index contributed by atoms with van der Waals surface area (Å²) in [7, 11) is 0. The minimum Gasteiger partial charge on any atom is -0.478 e. The first-order valence-electron chi connectivity index (χ1n) is 5.51. The van der Waals surface area contributed by atoms with Crippen LogP contribution in [0.15, 0.2) is 48.5 Å². The lowest BCUT2D eigenvalue weighted by atomic mass is 10.0. The molecule has 2 aromatic rings. The third-order valence-corrected chi connectivity index (χ3v) is 3.05. The first-order chi connectivity index (χ1) is 8.66. The molecule has 0 radical (unpaired) electrons. The first kappa shape index (κ1) is 10.7. The molecule has 1 aliphatic rings. The predicted octanol–water partition coefficient (Wildman–Crippen LogP) is 3.32. The van der Waals surface area contributed by atoms with Crippen LogP contribution in [0.3, 0.4) is 0 Å². The Labute approximate surface area is 103 Å². The molecule has 0 fully saturated rings. The predicted molar refractivity (Wildman–Crippen MR) is 66.6 cm³/mol. The number of aliphatic carboxylic acids is 1. The molecule has 0 bridgehead atoms. The normalized spacial score (nSPS) is 14.4. The second-order valence-corrected chi connectivity index (χ2v) is 4.13. The highest BCUT2D eigenvalue weighted by atomic mass is 19.1. The van der Waals surface area contributed by atoms with E-state index < -0.39 is 5.97 Å². The lowest BCUT2D eigenvalue weighted by Crippen LogP contribution is -1.91. The summed E-state index contributed by atoms with van der Waals surface area (Å²) in [4.78, 5) is 10.9. The minimum absolute atomic E-state index is 0.363. The van der Waals surface area contributed by atoms with Crippen LogP contribution in [0.2, 0.25) is 0 Å². The molecule has 3 heteroatoms. The zero-order chi connectivity index (χ0) is 12.7. The Kier molecular flexibility index (Phi) is 2.27. The summed E-state index contributed by atoms with van der Waals surface area (Å²) in [5.74, 6) is -1.39. The van der Waals surface area contributed by atoms with Crippen LogP contribution in [0.25, 0.3) is 16.7 Å². The molecule has 1 aliphatic carbocycles. The molecule has 0 aromatic heterocycles. The SMILES string of the molecule is O=C(O)/C=C1/c2ccccc2-c2ccc(F)cc21. The number of benzene rings is 2. The highest BCUT2D eigenvalue weighted by molar-refractivity contribution is 6.06. The Morgan fingerprint density at radius 3 is 2.39 bits per heavy atom. The number of hydrogen-bond acceptors (Lipinski definition) is 1. The lowest BCUT2D eigenvalue weighted by Gasteiger charge is -2.00. The standard InChI is InChI=1S/C15H9FO2/c16-9-5-6-12-10-3-1-2-4-11(10)14(8-15(17)18)13(12)7-9/h1-8H,(H,17,18)/b14-8-. The van der Waals surface area contributed by atoms with Gasteiger partial charge in [-0.3, -0.25) is 0 Å². The van der Waals surface area contributed by atoms with Crippen molar-refractivity contribution in [2.24, 2.45) is 0 Å². The molecule has 0 atom stereocenters. The second-order valence-electron chi connectivity index (χ2n) is 4.13. The molecule has 0 saturated heterocycles. The summed E-state index contributed by atoms with van der Waals surface area (Å²) in [6, 6.07) is 11.9. The van der Waals surface area contributed by atoms with E-state index in [9.17, 15) is 9.18 Å². The highest BCUT2D eigenvalue weighted by Gasteiger charge is 2.23. The van der Waals surface area contributed by atoms with Crippen molar-refractivity contribution in [1.82, 2.24) is 0 Å². The minimum atomic E-state index is -1.03. The number of carboxylic acids is 1. The van der Waals surface area contributed by atoms with E-state index >= 15 is 0 Å². The maximum Gasteiger partial charge on any atom is 0.328 e. The summed E-state index contributed by atoms with van der Waals surface area (Å²) >= 11 is 0.